The van der Waals surface area contributed by atoms with E-state index >= 15 is 0 Å². The first-order chi connectivity index (χ1) is 7.29. The van der Waals surface area contributed by atoms with Gasteiger partial charge in [0.05, 0.1) is 0 Å². The van der Waals surface area contributed by atoms with Gasteiger partial charge in [-0.25, -0.2) is 0 Å². The molecule has 1 saturated carbocycles. The third kappa shape index (κ3) is 2.26. The highest BCUT2D eigenvalue weighted by atomic mass is 16.2. The molecule has 4 nitrogen and oxygen atoms in total. The van der Waals surface area contributed by atoms with Crippen molar-refractivity contribution in [1.82, 2.24) is 10.3 Å². The Morgan fingerprint density at radius 3 is 2.80 bits per heavy atom. The summed E-state index contributed by atoms with van der Waals surface area (Å²) in [4.78, 5) is 24.9. The second-order valence-corrected chi connectivity index (χ2v) is 3.92. The van der Waals surface area contributed by atoms with Gasteiger partial charge in [0, 0.05) is 17.8 Å². The fourth-order valence-electron chi connectivity index (χ4n) is 1.94. The van der Waals surface area contributed by atoms with Crippen molar-refractivity contribution in [3.63, 3.8) is 0 Å². The average Bonchev–Trinajstić information content (AvgIpc) is 2.86. The maximum absolute atomic E-state index is 11.7. The Bertz CT molecular complexity index is 364. The summed E-state index contributed by atoms with van der Waals surface area (Å²) in [5.41, 5.74) is 0.968. The number of rotatable bonds is 3. The van der Waals surface area contributed by atoms with Gasteiger partial charge in [0.2, 0.25) is 0 Å². The molecule has 0 saturated heterocycles. The van der Waals surface area contributed by atoms with Crippen molar-refractivity contribution in [2.24, 2.45) is 0 Å². The van der Waals surface area contributed by atoms with Gasteiger partial charge in [-0.3, -0.25) is 9.59 Å². The van der Waals surface area contributed by atoms with Crippen molar-refractivity contribution in [2.75, 3.05) is 0 Å². The number of aromatic amines is 1. The van der Waals surface area contributed by atoms with Crippen LogP contribution in [0.3, 0.4) is 0 Å². The van der Waals surface area contributed by atoms with Gasteiger partial charge < -0.3 is 10.3 Å². The van der Waals surface area contributed by atoms with E-state index in [9.17, 15) is 9.59 Å². The van der Waals surface area contributed by atoms with Gasteiger partial charge in [-0.2, -0.15) is 0 Å². The number of H-pyrrole nitrogens is 1. The molecular formula is C11H14N2O2. The van der Waals surface area contributed by atoms with E-state index < -0.39 is 0 Å². The predicted molar refractivity (Wildman–Crippen MR) is 55.9 cm³/mol. The van der Waals surface area contributed by atoms with E-state index in [2.05, 4.69) is 10.3 Å². The Labute approximate surface area is 88.1 Å². The number of hydrogen-bond donors (Lipinski definition) is 2. The first-order valence-corrected chi connectivity index (χ1v) is 5.24. The summed E-state index contributed by atoms with van der Waals surface area (Å²) in [6.07, 6.45) is 6.77. The van der Waals surface area contributed by atoms with E-state index in [0.29, 0.717) is 17.3 Å². The molecule has 1 aliphatic carbocycles. The highest BCUT2D eigenvalue weighted by Gasteiger charge is 2.18. The fourth-order valence-corrected chi connectivity index (χ4v) is 1.94. The minimum absolute atomic E-state index is 0.116. The summed E-state index contributed by atoms with van der Waals surface area (Å²) < 4.78 is 0. The Kier molecular flexibility index (Phi) is 2.85. The maximum atomic E-state index is 11.7. The second-order valence-electron chi connectivity index (χ2n) is 3.92. The van der Waals surface area contributed by atoms with Crippen LogP contribution in [0.25, 0.3) is 0 Å². The molecule has 0 atom stereocenters. The van der Waals surface area contributed by atoms with Crippen LogP contribution in [0.2, 0.25) is 0 Å². The third-order valence-corrected chi connectivity index (χ3v) is 2.78. The van der Waals surface area contributed by atoms with Crippen LogP contribution < -0.4 is 5.32 Å². The largest absolute Gasteiger partial charge is 0.357 e. The van der Waals surface area contributed by atoms with Gasteiger partial charge in [0.25, 0.3) is 5.91 Å². The van der Waals surface area contributed by atoms with Crippen LogP contribution in [0.4, 0.5) is 0 Å². The molecule has 1 amide bonds. The van der Waals surface area contributed by atoms with Crippen molar-refractivity contribution in [3.05, 3.63) is 23.5 Å². The lowest BCUT2D eigenvalue weighted by Gasteiger charge is -2.10. The summed E-state index contributed by atoms with van der Waals surface area (Å²) >= 11 is 0. The predicted octanol–water partition coefficient (Wildman–Crippen LogP) is 1.50. The first-order valence-electron chi connectivity index (χ1n) is 5.24. The van der Waals surface area contributed by atoms with Crippen LogP contribution in [0, 0.1) is 0 Å². The molecule has 0 aromatic carbocycles. The monoisotopic (exact) mass is 206 g/mol. The van der Waals surface area contributed by atoms with Crippen LogP contribution in [0.15, 0.2) is 12.3 Å². The number of aldehydes is 1. The van der Waals surface area contributed by atoms with Crippen LogP contribution >= 0.6 is 0 Å². The zero-order valence-electron chi connectivity index (χ0n) is 8.45. The molecule has 2 N–H and O–H groups in total. The summed E-state index contributed by atoms with van der Waals surface area (Å²) in [6, 6.07) is 1.87. The van der Waals surface area contributed by atoms with Crippen LogP contribution in [-0.4, -0.2) is 23.2 Å². The molecule has 1 aromatic heterocycles. The Hall–Kier alpha value is -1.58. The van der Waals surface area contributed by atoms with E-state index in [4.69, 9.17) is 0 Å². The molecule has 0 radical (unpaired) electrons. The summed E-state index contributed by atoms with van der Waals surface area (Å²) in [6.45, 7) is 0. The lowest BCUT2D eigenvalue weighted by Crippen LogP contribution is -2.32. The van der Waals surface area contributed by atoms with Crippen LogP contribution in [0.1, 0.15) is 46.5 Å². The molecule has 1 aliphatic rings. The van der Waals surface area contributed by atoms with E-state index in [1.807, 2.05) is 0 Å². The number of carbonyl (C=O) groups is 2. The van der Waals surface area contributed by atoms with Gasteiger partial charge in [0.1, 0.15) is 5.69 Å². The smallest absolute Gasteiger partial charge is 0.267 e. The second kappa shape index (κ2) is 4.29. The first kappa shape index (κ1) is 9.96. The number of amides is 1. The SMILES string of the molecule is O=Cc1c[nH]c(C(=O)NC2CCCC2)c1. The normalized spacial score (nSPS) is 16.5. The van der Waals surface area contributed by atoms with Gasteiger partial charge >= 0.3 is 0 Å². The number of carbonyl (C=O) groups excluding carboxylic acids is 2. The molecule has 1 fully saturated rings. The van der Waals surface area contributed by atoms with Crippen molar-refractivity contribution >= 4 is 12.2 Å². The Morgan fingerprint density at radius 1 is 1.47 bits per heavy atom. The van der Waals surface area contributed by atoms with Crippen LogP contribution in [0.5, 0.6) is 0 Å². The molecule has 0 unspecified atom stereocenters. The highest BCUT2D eigenvalue weighted by Crippen LogP contribution is 2.18. The molecule has 1 heterocycles. The third-order valence-electron chi connectivity index (χ3n) is 2.78. The number of nitrogens with one attached hydrogen (secondary N) is 2. The fraction of sp³-hybridized carbons (Fsp3) is 0.455. The van der Waals surface area contributed by atoms with Gasteiger partial charge in [-0.15, -0.1) is 0 Å². The van der Waals surface area contributed by atoms with Crippen molar-refractivity contribution < 1.29 is 9.59 Å². The lowest BCUT2D eigenvalue weighted by atomic mass is 10.2. The van der Waals surface area contributed by atoms with Gasteiger partial charge in [-0.05, 0) is 18.9 Å². The lowest BCUT2D eigenvalue weighted by molar-refractivity contribution is 0.0933. The van der Waals surface area contributed by atoms with E-state index in [1.165, 1.54) is 19.0 Å². The zero-order chi connectivity index (χ0) is 10.7. The van der Waals surface area contributed by atoms with E-state index in [1.54, 1.807) is 6.07 Å². The standard InChI is InChI=1S/C11H14N2O2/c14-7-8-5-10(12-6-8)11(15)13-9-3-1-2-4-9/h5-7,9,12H,1-4H2,(H,13,15). The zero-order valence-corrected chi connectivity index (χ0v) is 8.45. The van der Waals surface area contributed by atoms with Crippen molar-refractivity contribution in [2.45, 2.75) is 31.7 Å². The maximum Gasteiger partial charge on any atom is 0.267 e. The molecule has 15 heavy (non-hydrogen) atoms. The van der Waals surface area contributed by atoms with Crippen molar-refractivity contribution in [1.29, 1.82) is 0 Å². The molecular weight excluding hydrogens is 192 g/mol. The molecule has 0 bridgehead atoms. The van der Waals surface area contributed by atoms with Gasteiger partial charge in [0.15, 0.2) is 6.29 Å². The minimum atomic E-state index is -0.116. The van der Waals surface area contributed by atoms with Crippen molar-refractivity contribution in [3.8, 4) is 0 Å². The molecule has 2 rings (SSSR count). The van der Waals surface area contributed by atoms with Gasteiger partial charge in [-0.1, -0.05) is 12.8 Å². The summed E-state index contributed by atoms with van der Waals surface area (Å²) in [7, 11) is 0. The highest BCUT2D eigenvalue weighted by molar-refractivity contribution is 5.94. The Morgan fingerprint density at radius 2 is 2.20 bits per heavy atom. The molecule has 1 aromatic rings. The molecule has 80 valence electrons. The number of hydrogen-bond acceptors (Lipinski definition) is 2. The molecule has 4 heteroatoms. The van der Waals surface area contributed by atoms with Crippen LogP contribution in [-0.2, 0) is 0 Å². The van der Waals surface area contributed by atoms with E-state index in [0.717, 1.165) is 19.1 Å². The summed E-state index contributed by atoms with van der Waals surface area (Å²) in [5.74, 6) is -0.116. The quantitative estimate of drug-likeness (QED) is 0.736. The Balaban J connectivity index is 1.97. The minimum Gasteiger partial charge on any atom is -0.357 e. The summed E-state index contributed by atoms with van der Waals surface area (Å²) in [5, 5.41) is 2.95. The molecule has 0 spiro atoms. The number of aromatic nitrogens is 1. The average molecular weight is 206 g/mol. The topological polar surface area (TPSA) is 62.0 Å². The van der Waals surface area contributed by atoms with E-state index in [-0.39, 0.29) is 5.91 Å². The molecule has 0 aliphatic heterocycles.